The van der Waals surface area contributed by atoms with Crippen molar-refractivity contribution in [1.29, 1.82) is 5.26 Å². The summed E-state index contributed by atoms with van der Waals surface area (Å²) in [7, 11) is 0. The Balaban J connectivity index is 1.64. The Kier molecular flexibility index (Phi) is 6.15. The van der Waals surface area contributed by atoms with E-state index in [1.165, 1.54) is 10.6 Å². The van der Waals surface area contributed by atoms with Crippen molar-refractivity contribution in [2.24, 2.45) is 0 Å². The topological polar surface area (TPSA) is 93.1 Å². The zero-order valence-corrected chi connectivity index (χ0v) is 17.8. The summed E-state index contributed by atoms with van der Waals surface area (Å²) in [4.78, 5) is 16.6. The summed E-state index contributed by atoms with van der Waals surface area (Å²) in [5.74, 6) is 0.519. The van der Waals surface area contributed by atoms with Crippen LogP contribution in [0.4, 0.5) is 11.7 Å². The van der Waals surface area contributed by atoms with E-state index in [4.69, 9.17) is 9.15 Å². The van der Waals surface area contributed by atoms with Crippen molar-refractivity contribution in [1.82, 2.24) is 9.55 Å². The van der Waals surface area contributed by atoms with Gasteiger partial charge in [0.25, 0.3) is 11.6 Å². The Labute approximate surface area is 185 Å². The number of pyridine rings is 1. The first kappa shape index (κ1) is 21.1. The van der Waals surface area contributed by atoms with Crippen LogP contribution in [0.3, 0.4) is 0 Å². The largest absolute Gasteiger partial charge is 0.423 e. The number of oxazole rings is 1. The van der Waals surface area contributed by atoms with Gasteiger partial charge in [0.05, 0.1) is 24.1 Å². The van der Waals surface area contributed by atoms with Crippen molar-refractivity contribution in [2.45, 2.75) is 20.5 Å². The molecule has 0 aliphatic rings. The van der Waals surface area contributed by atoms with Gasteiger partial charge in [-0.25, -0.2) is 4.98 Å². The van der Waals surface area contributed by atoms with Gasteiger partial charge in [-0.3, -0.25) is 9.36 Å². The Bertz CT molecular complexity index is 1350. The van der Waals surface area contributed by atoms with E-state index in [9.17, 15) is 10.1 Å². The molecule has 0 saturated heterocycles. The molecule has 1 N–H and O–H groups in total. The molecule has 4 rings (SSSR count). The number of benzene rings is 2. The van der Waals surface area contributed by atoms with E-state index in [-0.39, 0.29) is 5.56 Å². The van der Waals surface area contributed by atoms with Gasteiger partial charge in [-0.05, 0) is 55.3 Å². The lowest BCUT2D eigenvalue weighted by Gasteiger charge is -2.10. The lowest BCUT2D eigenvalue weighted by molar-refractivity contribution is 0.134. The van der Waals surface area contributed by atoms with E-state index in [0.717, 1.165) is 16.8 Å². The molecule has 0 aliphatic carbocycles. The van der Waals surface area contributed by atoms with E-state index < -0.39 is 0 Å². The molecule has 0 spiro atoms. The molecule has 2 heterocycles. The lowest BCUT2D eigenvalue weighted by Crippen LogP contribution is -2.16. The SMILES string of the molecule is CCOCc1ccc(C)c(Nc2ncc(-c3ccc(C#N)c(-n4ccccc4=O)c3)o2)c1. The molecule has 0 unspecified atom stereocenters. The average molecular weight is 426 g/mol. The molecule has 7 heteroatoms. The first-order valence-corrected chi connectivity index (χ1v) is 10.2. The van der Waals surface area contributed by atoms with E-state index in [0.29, 0.717) is 41.8 Å². The van der Waals surface area contributed by atoms with Crippen LogP contribution in [0.1, 0.15) is 23.6 Å². The third kappa shape index (κ3) is 4.46. The molecule has 2 aromatic heterocycles. The van der Waals surface area contributed by atoms with Crippen molar-refractivity contribution in [3.8, 4) is 23.1 Å². The number of aromatic nitrogens is 2. The van der Waals surface area contributed by atoms with Gasteiger partial charge in [-0.15, -0.1) is 0 Å². The highest BCUT2D eigenvalue weighted by Crippen LogP contribution is 2.28. The second-order valence-corrected chi connectivity index (χ2v) is 7.19. The summed E-state index contributed by atoms with van der Waals surface area (Å²) in [6.07, 6.45) is 3.24. The predicted octanol–water partition coefficient (Wildman–Crippen LogP) is 4.95. The van der Waals surface area contributed by atoms with Crippen molar-refractivity contribution in [2.75, 3.05) is 11.9 Å². The Morgan fingerprint density at radius 2 is 2.06 bits per heavy atom. The van der Waals surface area contributed by atoms with E-state index in [1.54, 1.807) is 42.7 Å². The number of nitrogens with zero attached hydrogens (tertiary/aromatic N) is 3. The van der Waals surface area contributed by atoms with Crippen molar-refractivity contribution in [3.63, 3.8) is 0 Å². The van der Waals surface area contributed by atoms with Gasteiger partial charge in [0.1, 0.15) is 6.07 Å². The molecule has 0 aliphatic heterocycles. The molecule has 0 fully saturated rings. The monoisotopic (exact) mass is 426 g/mol. The Hall–Kier alpha value is -4.15. The first-order valence-electron chi connectivity index (χ1n) is 10.2. The minimum absolute atomic E-state index is 0.219. The van der Waals surface area contributed by atoms with Crippen LogP contribution in [0.25, 0.3) is 17.0 Å². The standard InChI is InChI=1S/C25H22N4O3/c1-3-31-16-18-8-7-17(2)21(12-18)28-25-27-15-23(32-25)19-9-10-20(14-26)22(13-19)29-11-5-4-6-24(29)30/h4-13,15H,3,16H2,1-2H3,(H,27,28). The molecule has 0 amide bonds. The van der Waals surface area contributed by atoms with E-state index >= 15 is 0 Å². The van der Waals surface area contributed by atoms with Crippen LogP contribution in [0.2, 0.25) is 0 Å². The minimum Gasteiger partial charge on any atom is -0.423 e. The zero-order chi connectivity index (χ0) is 22.5. The highest BCUT2D eigenvalue weighted by atomic mass is 16.5. The molecular weight excluding hydrogens is 404 g/mol. The van der Waals surface area contributed by atoms with E-state index in [2.05, 4.69) is 16.4 Å². The quantitative estimate of drug-likeness (QED) is 0.449. The minimum atomic E-state index is -0.219. The summed E-state index contributed by atoms with van der Waals surface area (Å²) in [6.45, 7) is 5.15. The van der Waals surface area contributed by atoms with Gasteiger partial charge in [0, 0.05) is 30.1 Å². The molecule has 4 aromatic rings. The van der Waals surface area contributed by atoms with Crippen molar-refractivity contribution >= 4 is 11.7 Å². The Morgan fingerprint density at radius 3 is 2.84 bits per heavy atom. The number of ether oxygens (including phenoxy) is 1. The summed E-state index contributed by atoms with van der Waals surface area (Å²) in [6, 6.07) is 18.6. The van der Waals surface area contributed by atoms with Gasteiger partial charge >= 0.3 is 0 Å². The molecular formula is C25H22N4O3. The smallest absolute Gasteiger partial charge is 0.299 e. The lowest BCUT2D eigenvalue weighted by atomic mass is 10.1. The molecule has 7 nitrogen and oxygen atoms in total. The molecule has 160 valence electrons. The van der Waals surface area contributed by atoms with Crippen molar-refractivity contribution in [3.05, 3.63) is 94.0 Å². The van der Waals surface area contributed by atoms with Crippen LogP contribution in [-0.4, -0.2) is 16.2 Å². The fourth-order valence-electron chi connectivity index (χ4n) is 3.30. The van der Waals surface area contributed by atoms with Gasteiger partial charge < -0.3 is 14.5 Å². The molecule has 2 aromatic carbocycles. The summed E-state index contributed by atoms with van der Waals surface area (Å²) in [5, 5.41) is 12.7. The average Bonchev–Trinajstić information content (AvgIpc) is 3.28. The van der Waals surface area contributed by atoms with Crippen LogP contribution < -0.4 is 10.9 Å². The molecule has 0 saturated carbocycles. The van der Waals surface area contributed by atoms with Crippen LogP contribution in [-0.2, 0) is 11.3 Å². The number of nitrogens with one attached hydrogen (secondary N) is 1. The second-order valence-electron chi connectivity index (χ2n) is 7.19. The van der Waals surface area contributed by atoms with Gasteiger partial charge in [0.15, 0.2) is 5.76 Å². The maximum absolute atomic E-state index is 12.3. The normalized spacial score (nSPS) is 10.7. The van der Waals surface area contributed by atoms with Crippen LogP contribution >= 0.6 is 0 Å². The summed E-state index contributed by atoms with van der Waals surface area (Å²) in [5.41, 5.74) is 4.35. The number of hydrogen-bond acceptors (Lipinski definition) is 6. The molecule has 0 atom stereocenters. The molecule has 0 bridgehead atoms. The van der Waals surface area contributed by atoms with E-state index in [1.807, 2.05) is 32.0 Å². The maximum atomic E-state index is 12.3. The zero-order valence-electron chi connectivity index (χ0n) is 17.8. The third-order valence-corrected chi connectivity index (χ3v) is 5.01. The van der Waals surface area contributed by atoms with Crippen LogP contribution in [0.15, 0.2) is 76.2 Å². The predicted molar refractivity (Wildman–Crippen MR) is 122 cm³/mol. The van der Waals surface area contributed by atoms with Crippen LogP contribution in [0, 0.1) is 18.3 Å². The fourth-order valence-corrected chi connectivity index (χ4v) is 3.30. The number of anilines is 2. The maximum Gasteiger partial charge on any atom is 0.299 e. The summed E-state index contributed by atoms with van der Waals surface area (Å²) >= 11 is 0. The number of rotatable bonds is 7. The van der Waals surface area contributed by atoms with Gasteiger partial charge in [-0.1, -0.05) is 18.2 Å². The van der Waals surface area contributed by atoms with Crippen LogP contribution in [0.5, 0.6) is 0 Å². The van der Waals surface area contributed by atoms with Gasteiger partial charge in [-0.2, -0.15) is 5.26 Å². The second kappa shape index (κ2) is 9.33. The highest BCUT2D eigenvalue weighted by molar-refractivity contribution is 5.66. The molecule has 32 heavy (non-hydrogen) atoms. The fraction of sp³-hybridized carbons (Fsp3) is 0.160. The number of hydrogen-bond donors (Lipinski definition) is 1. The van der Waals surface area contributed by atoms with Gasteiger partial charge in [0.2, 0.25) is 0 Å². The Morgan fingerprint density at radius 1 is 1.19 bits per heavy atom. The van der Waals surface area contributed by atoms with Crippen molar-refractivity contribution < 1.29 is 9.15 Å². The molecule has 0 radical (unpaired) electrons. The number of aryl methyl sites for hydroxylation is 1. The third-order valence-electron chi connectivity index (χ3n) is 5.01. The summed E-state index contributed by atoms with van der Waals surface area (Å²) < 4.78 is 12.8. The number of nitriles is 1. The highest BCUT2D eigenvalue weighted by Gasteiger charge is 2.13. The first-order chi connectivity index (χ1) is 15.6.